The molecule has 1 N–H and O–H groups in total. The van der Waals surface area contributed by atoms with E-state index in [0.29, 0.717) is 10.0 Å². The molecule has 0 aromatic heterocycles. The Morgan fingerprint density at radius 3 is 2.71 bits per heavy atom. The van der Waals surface area contributed by atoms with Gasteiger partial charge in [-0.2, -0.15) is 0 Å². The molecular formula is C13H17BrN2O5. The van der Waals surface area contributed by atoms with Crippen LogP contribution >= 0.6 is 15.9 Å². The average molecular weight is 361 g/mol. The second-order valence-electron chi connectivity index (χ2n) is 4.23. The lowest BCUT2D eigenvalue weighted by Crippen LogP contribution is -2.40. The van der Waals surface area contributed by atoms with E-state index in [9.17, 15) is 14.9 Å². The van der Waals surface area contributed by atoms with Gasteiger partial charge in [0.05, 0.1) is 11.5 Å². The number of aryl methyl sites for hydroxylation is 1. The Kier molecular flexibility index (Phi) is 6.57. The fourth-order valence-electron chi connectivity index (χ4n) is 1.71. The third-order valence-corrected chi connectivity index (χ3v) is 3.19. The van der Waals surface area contributed by atoms with Crippen molar-refractivity contribution in [2.45, 2.75) is 19.9 Å². The molecule has 0 heterocycles. The van der Waals surface area contributed by atoms with Gasteiger partial charge in [0.1, 0.15) is 12.6 Å². The summed E-state index contributed by atoms with van der Waals surface area (Å²) in [4.78, 5) is 22.2. The zero-order chi connectivity index (χ0) is 16.0. The van der Waals surface area contributed by atoms with Crippen molar-refractivity contribution in [2.75, 3.05) is 20.3 Å². The third kappa shape index (κ3) is 4.68. The summed E-state index contributed by atoms with van der Waals surface area (Å²) in [5, 5.41) is 13.8. The van der Waals surface area contributed by atoms with Crippen molar-refractivity contribution < 1.29 is 19.2 Å². The number of nitrogens with zero attached hydrogens (tertiary/aromatic N) is 1. The van der Waals surface area contributed by atoms with Gasteiger partial charge in [-0.1, -0.05) is 15.9 Å². The van der Waals surface area contributed by atoms with Crippen LogP contribution in [0.3, 0.4) is 0 Å². The predicted octanol–water partition coefficient (Wildman–Crippen LogP) is 2.20. The molecule has 8 heteroatoms. The SMILES string of the molecule is CCOC(=O)C(COc1c(C)cc(Br)cc1[N+](=O)[O-])NC. The van der Waals surface area contributed by atoms with E-state index < -0.39 is 16.9 Å². The van der Waals surface area contributed by atoms with Gasteiger partial charge in [-0.05, 0) is 32.5 Å². The number of likely N-dealkylation sites (N-methyl/N-ethyl adjacent to an activating group) is 1. The molecule has 1 unspecified atom stereocenters. The lowest BCUT2D eigenvalue weighted by Gasteiger charge is -2.16. The Balaban J connectivity index is 2.92. The van der Waals surface area contributed by atoms with Crippen LogP contribution in [0.5, 0.6) is 5.75 Å². The Bertz CT molecular complexity index is 536. The van der Waals surface area contributed by atoms with E-state index in [2.05, 4.69) is 21.2 Å². The molecule has 0 aliphatic carbocycles. The molecule has 1 aromatic carbocycles. The number of benzene rings is 1. The fraction of sp³-hybridized carbons (Fsp3) is 0.462. The number of carbonyl (C=O) groups excluding carboxylic acids is 1. The highest BCUT2D eigenvalue weighted by Crippen LogP contribution is 2.34. The molecule has 0 amide bonds. The number of esters is 1. The summed E-state index contributed by atoms with van der Waals surface area (Å²) < 4.78 is 11.0. The molecule has 7 nitrogen and oxygen atoms in total. The molecule has 0 aliphatic heterocycles. The first-order valence-electron chi connectivity index (χ1n) is 6.31. The summed E-state index contributed by atoms with van der Waals surface area (Å²) in [6.07, 6.45) is 0. The van der Waals surface area contributed by atoms with Crippen LogP contribution in [0.1, 0.15) is 12.5 Å². The number of ether oxygens (including phenoxy) is 2. The fourth-order valence-corrected chi connectivity index (χ4v) is 2.27. The molecule has 0 saturated carbocycles. The minimum Gasteiger partial charge on any atom is -0.484 e. The summed E-state index contributed by atoms with van der Waals surface area (Å²) >= 11 is 3.21. The summed E-state index contributed by atoms with van der Waals surface area (Å²) in [5.74, 6) is -0.315. The van der Waals surface area contributed by atoms with E-state index in [-0.39, 0.29) is 24.7 Å². The lowest BCUT2D eigenvalue weighted by molar-refractivity contribution is -0.386. The van der Waals surface area contributed by atoms with Crippen LogP contribution in [0, 0.1) is 17.0 Å². The number of nitrogens with one attached hydrogen (secondary N) is 1. The van der Waals surface area contributed by atoms with Crippen molar-refractivity contribution in [3.05, 3.63) is 32.3 Å². The summed E-state index contributed by atoms with van der Waals surface area (Å²) in [5.41, 5.74) is 0.454. The van der Waals surface area contributed by atoms with Gasteiger partial charge in [0.2, 0.25) is 0 Å². The van der Waals surface area contributed by atoms with Crippen LogP contribution in [0.15, 0.2) is 16.6 Å². The highest BCUT2D eigenvalue weighted by molar-refractivity contribution is 9.10. The molecular weight excluding hydrogens is 344 g/mol. The number of nitro benzene ring substituents is 1. The van der Waals surface area contributed by atoms with Crippen molar-refractivity contribution in [3.8, 4) is 5.75 Å². The van der Waals surface area contributed by atoms with E-state index in [1.807, 2.05) is 0 Å². The topological polar surface area (TPSA) is 90.7 Å². The van der Waals surface area contributed by atoms with Gasteiger partial charge >= 0.3 is 11.7 Å². The summed E-state index contributed by atoms with van der Waals surface area (Å²) in [6, 6.07) is 2.38. The van der Waals surface area contributed by atoms with E-state index in [1.165, 1.54) is 6.07 Å². The molecule has 0 radical (unpaired) electrons. The van der Waals surface area contributed by atoms with E-state index in [1.54, 1.807) is 27.0 Å². The Hall–Kier alpha value is -1.67. The lowest BCUT2D eigenvalue weighted by atomic mass is 10.2. The first-order chi connectivity index (χ1) is 9.90. The van der Waals surface area contributed by atoms with Gasteiger partial charge in [-0.3, -0.25) is 14.9 Å². The van der Waals surface area contributed by atoms with Crippen molar-refractivity contribution in [3.63, 3.8) is 0 Å². The second-order valence-corrected chi connectivity index (χ2v) is 5.15. The molecule has 1 atom stereocenters. The highest BCUT2D eigenvalue weighted by atomic mass is 79.9. The highest BCUT2D eigenvalue weighted by Gasteiger charge is 2.23. The van der Waals surface area contributed by atoms with Crippen LogP contribution in [-0.2, 0) is 9.53 Å². The van der Waals surface area contributed by atoms with Gasteiger partial charge in [-0.25, -0.2) is 0 Å². The number of halogens is 1. The Labute approximate surface area is 130 Å². The molecule has 1 aromatic rings. The standard InChI is InChI=1S/C13H17BrN2O5/c1-4-20-13(17)10(15-3)7-21-12-8(2)5-9(14)6-11(12)16(18)19/h5-6,10,15H,4,7H2,1-3H3. The Morgan fingerprint density at radius 1 is 1.52 bits per heavy atom. The maximum Gasteiger partial charge on any atom is 0.326 e. The molecule has 0 spiro atoms. The predicted molar refractivity (Wildman–Crippen MR) is 80.5 cm³/mol. The van der Waals surface area contributed by atoms with E-state index >= 15 is 0 Å². The zero-order valence-corrected chi connectivity index (χ0v) is 13.6. The van der Waals surface area contributed by atoms with E-state index in [4.69, 9.17) is 9.47 Å². The van der Waals surface area contributed by atoms with Crippen LogP contribution in [0.4, 0.5) is 5.69 Å². The summed E-state index contributed by atoms with van der Waals surface area (Å²) in [7, 11) is 1.59. The maximum absolute atomic E-state index is 11.6. The van der Waals surface area contributed by atoms with Crippen LogP contribution < -0.4 is 10.1 Å². The van der Waals surface area contributed by atoms with Gasteiger partial charge in [-0.15, -0.1) is 0 Å². The first-order valence-corrected chi connectivity index (χ1v) is 7.11. The quantitative estimate of drug-likeness (QED) is 0.455. The van der Waals surface area contributed by atoms with Crippen LogP contribution in [-0.4, -0.2) is 37.2 Å². The van der Waals surface area contributed by atoms with Gasteiger partial charge in [0.15, 0.2) is 5.75 Å². The van der Waals surface area contributed by atoms with Crippen molar-refractivity contribution in [1.82, 2.24) is 5.32 Å². The van der Waals surface area contributed by atoms with Crippen molar-refractivity contribution >= 4 is 27.6 Å². The van der Waals surface area contributed by atoms with Crippen molar-refractivity contribution in [1.29, 1.82) is 0 Å². The van der Waals surface area contributed by atoms with Gasteiger partial charge in [0, 0.05) is 10.5 Å². The number of nitro groups is 1. The van der Waals surface area contributed by atoms with Crippen LogP contribution in [0.2, 0.25) is 0 Å². The minimum atomic E-state index is -0.687. The molecule has 21 heavy (non-hydrogen) atoms. The second kappa shape index (κ2) is 7.94. The molecule has 0 bridgehead atoms. The molecule has 0 fully saturated rings. The number of rotatable bonds is 7. The normalized spacial score (nSPS) is 11.8. The van der Waals surface area contributed by atoms with Gasteiger partial charge in [0.25, 0.3) is 0 Å². The smallest absolute Gasteiger partial charge is 0.326 e. The average Bonchev–Trinajstić information content (AvgIpc) is 2.41. The maximum atomic E-state index is 11.6. The first kappa shape index (κ1) is 17.4. The number of hydrogen-bond donors (Lipinski definition) is 1. The largest absolute Gasteiger partial charge is 0.484 e. The summed E-state index contributed by atoms with van der Waals surface area (Å²) in [6.45, 7) is 3.61. The minimum absolute atomic E-state index is 0.0569. The zero-order valence-electron chi connectivity index (χ0n) is 12.0. The Morgan fingerprint density at radius 2 is 2.19 bits per heavy atom. The third-order valence-electron chi connectivity index (χ3n) is 2.73. The van der Waals surface area contributed by atoms with E-state index in [0.717, 1.165) is 0 Å². The molecule has 1 rings (SSSR count). The van der Waals surface area contributed by atoms with Crippen molar-refractivity contribution in [2.24, 2.45) is 0 Å². The number of carbonyl (C=O) groups is 1. The number of hydrogen-bond acceptors (Lipinski definition) is 6. The molecule has 0 aliphatic rings. The van der Waals surface area contributed by atoms with Crippen LogP contribution in [0.25, 0.3) is 0 Å². The monoisotopic (exact) mass is 360 g/mol. The molecule has 0 saturated heterocycles. The van der Waals surface area contributed by atoms with Gasteiger partial charge < -0.3 is 14.8 Å². The molecule has 116 valence electrons.